The lowest BCUT2D eigenvalue weighted by molar-refractivity contribution is -0.132. The van der Waals surface area contributed by atoms with Crippen molar-refractivity contribution in [2.45, 2.75) is 57.2 Å². The van der Waals surface area contributed by atoms with E-state index in [-0.39, 0.29) is 0 Å². The Morgan fingerprint density at radius 2 is 1.92 bits per heavy atom. The van der Waals surface area contributed by atoms with Crippen LogP contribution in [0.4, 0.5) is 0 Å². The fourth-order valence-corrected chi connectivity index (χ4v) is 5.15. The number of hydrogen-bond donors (Lipinski definition) is 1. The van der Waals surface area contributed by atoms with Crippen LogP contribution in [0.25, 0.3) is 0 Å². The summed E-state index contributed by atoms with van der Waals surface area (Å²) in [4.78, 5) is 14.5. The molecule has 4 atom stereocenters. The summed E-state index contributed by atoms with van der Waals surface area (Å²) in [6.07, 6.45) is 6.72. The van der Waals surface area contributed by atoms with Crippen molar-refractivity contribution in [1.29, 1.82) is 0 Å². The molecule has 1 N–H and O–H groups in total. The van der Waals surface area contributed by atoms with Gasteiger partial charge in [-0.25, -0.2) is 0 Å². The van der Waals surface area contributed by atoms with Gasteiger partial charge < -0.3 is 15.0 Å². The predicted octanol–water partition coefficient (Wildman–Crippen LogP) is 2.96. The van der Waals surface area contributed by atoms with Crippen LogP contribution in [0.3, 0.4) is 0 Å². The molecule has 4 nitrogen and oxygen atoms in total. The minimum Gasteiger partial charge on any atom is -0.497 e. The molecule has 1 aromatic rings. The van der Waals surface area contributed by atoms with E-state index in [4.69, 9.17) is 4.74 Å². The highest BCUT2D eigenvalue weighted by Crippen LogP contribution is 2.43. The van der Waals surface area contributed by atoms with E-state index in [1.807, 2.05) is 12.1 Å². The number of methoxy groups -OCH3 is 1. The van der Waals surface area contributed by atoms with E-state index in [1.165, 1.54) is 31.2 Å². The third kappa shape index (κ3) is 3.04. The van der Waals surface area contributed by atoms with Crippen molar-refractivity contribution in [3.05, 3.63) is 29.8 Å². The van der Waals surface area contributed by atoms with Crippen LogP contribution in [-0.2, 0) is 11.3 Å². The Balaban J connectivity index is 1.38. The quantitative estimate of drug-likeness (QED) is 0.924. The fourth-order valence-electron chi connectivity index (χ4n) is 5.15. The first-order chi connectivity index (χ1) is 11.7. The highest BCUT2D eigenvalue weighted by Gasteiger charge is 2.46. The van der Waals surface area contributed by atoms with Gasteiger partial charge in [-0.3, -0.25) is 4.79 Å². The minimum absolute atomic E-state index is 0.412. The zero-order valence-electron chi connectivity index (χ0n) is 14.5. The maximum atomic E-state index is 12.3. The number of ether oxygens (including phenoxy) is 1. The van der Waals surface area contributed by atoms with Crippen LogP contribution in [0, 0.1) is 11.8 Å². The van der Waals surface area contributed by atoms with Crippen molar-refractivity contribution in [1.82, 2.24) is 10.2 Å². The van der Waals surface area contributed by atoms with E-state index in [1.54, 1.807) is 7.11 Å². The molecule has 0 radical (unpaired) electrons. The van der Waals surface area contributed by atoms with Gasteiger partial charge in [-0.15, -0.1) is 0 Å². The van der Waals surface area contributed by atoms with Gasteiger partial charge in [-0.05, 0) is 61.6 Å². The maximum absolute atomic E-state index is 12.3. The molecule has 2 saturated heterocycles. The van der Waals surface area contributed by atoms with Gasteiger partial charge in [0, 0.05) is 31.6 Å². The third-order valence-electron chi connectivity index (χ3n) is 6.28. The van der Waals surface area contributed by atoms with Gasteiger partial charge in [-0.1, -0.05) is 12.1 Å². The average Bonchev–Trinajstić information content (AvgIpc) is 2.97. The molecule has 24 heavy (non-hydrogen) atoms. The molecule has 130 valence electrons. The number of nitrogens with one attached hydrogen (secondary N) is 1. The molecule has 2 aliphatic heterocycles. The molecule has 1 aromatic carbocycles. The second-order valence-electron chi connectivity index (χ2n) is 7.68. The Labute approximate surface area is 144 Å². The largest absolute Gasteiger partial charge is 0.497 e. The van der Waals surface area contributed by atoms with Crippen LogP contribution in [0.1, 0.15) is 44.1 Å². The Kier molecular flexibility index (Phi) is 4.49. The molecule has 3 aliphatic rings. The maximum Gasteiger partial charge on any atom is 0.222 e. The van der Waals surface area contributed by atoms with Crippen molar-refractivity contribution in [3.8, 4) is 5.75 Å². The molecule has 1 amide bonds. The zero-order valence-corrected chi connectivity index (χ0v) is 14.5. The van der Waals surface area contributed by atoms with Gasteiger partial charge in [0.2, 0.25) is 5.91 Å². The van der Waals surface area contributed by atoms with E-state index in [0.29, 0.717) is 29.8 Å². The molecule has 1 aliphatic carbocycles. The van der Waals surface area contributed by atoms with Crippen LogP contribution < -0.4 is 10.1 Å². The Hall–Kier alpha value is -1.55. The fraction of sp³-hybridized carbons (Fsp3) is 0.650. The topological polar surface area (TPSA) is 41.6 Å². The summed E-state index contributed by atoms with van der Waals surface area (Å²) in [6, 6.07) is 9.46. The molecule has 3 fully saturated rings. The molecule has 4 rings (SSSR count). The summed E-state index contributed by atoms with van der Waals surface area (Å²) < 4.78 is 5.22. The highest BCUT2D eigenvalue weighted by atomic mass is 16.5. The predicted molar refractivity (Wildman–Crippen MR) is 93.8 cm³/mol. The first-order valence-electron chi connectivity index (χ1n) is 9.40. The molecule has 1 saturated carbocycles. The Morgan fingerprint density at radius 1 is 1.17 bits per heavy atom. The van der Waals surface area contributed by atoms with Crippen molar-refractivity contribution in [2.24, 2.45) is 11.8 Å². The third-order valence-corrected chi connectivity index (χ3v) is 6.28. The standard InChI is InChI=1S/C20H28N2O2/c1-24-18-7-5-14(6-8-18)13-21-17-11-15-3-2-4-19(23)22-10-9-16(12-17)20(15)22/h5-8,15-17,20-21H,2-4,9-13H2,1H3/t15-,16+,17+,20-/m1/s1. The summed E-state index contributed by atoms with van der Waals surface area (Å²) in [5, 5.41) is 3.78. The number of rotatable bonds is 4. The lowest BCUT2D eigenvalue weighted by Crippen LogP contribution is -2.48. The summed E-state index contributed by atoms with van der Waals surface area (Å²) in [5.41, 5.74) is 1.31. The zero-order chi connectivity index (χ0) is 16.5. The number of carbonyl (C=O) groups is 1. The van der Waals surface area contributed by atoms with Crippen LogP contribution >= 0.6 is 0 Å². The number of amides is 1. The van der Waals surface area contributed by atoms with Crippen LogP contribution in [0.5, 0.6) is 5.75 Å². The highest BCUT2D eigenvalue weighted by molar-refractivity contribution is 5.77. The van der Waals surface area contributed by atoms with E-state index in [2.05, 4.69) is 22.3 Å². The van der Waals surface area contributed by atoms with Crippen molar-refractivity contribution >= 4 is 5.91 Å². The molecular formula is C20H28N2O2. The lowest BCUT2D eigenvalue weighted by Gasteiger charge is -2.41. The molecule has 0 bridgehead atoms. The van der Waals surface area contributed by atoms with Gasteiger partial charge in [0.15, 0.2) is 0 Å². The molecular weight excluding hydrogens is 300 g/mol. The Morgan fingerprint density at radius 3 is 2.67 bits per heavy atom. The number of benzene rings is 1. The van der Waals surface area contributed by atoms with Crippen molar-refractivity contribution in [2.75, 3.05) is 13.7 Å². The van der Waals surface area contributed by atoms with E-state index in [0.717, 1.165) is 31.7 Å². The van der Waals surface area contributed by atoms with Gasteiger partial charge in [0.25, 0.3) is 0 Å². The monoisotopic (exact) mass is 328 g/mol. The number of carbonyl (C=O) groups excluding carboxylic acids is 1. The van der Waals surface area contributed by atoms with E-state index < -0.39 is 0 Å². The summed E-state index contributed by atoms with van der Waals surface area (Å²) in [6.45, 7) is 1.91. The van der Waals surface area contributed by atoms with Crippen LogP contribution in [0.2, 0.25) is 0 Å². The molecule has 0 spiro atoms. The molecule has 0 unspecified atom stereocenters. The van der Waals surface area contributed by atoms with Gasteiger partial charge >= 0.3 is 0 Å². The molecule has 0 aromatic heterocycles. The second-order valence-corrected chi connectivity index (χ2v) is 7.68. The summed E-state index contributed by atoms with van der Waals surface area (Å²) >= 11 is 0. The number of nitrogens with zero attached hydrogens (tertiary/aromatic N) is 1. The van der Waals surface area contributed by atoms with E-state index in [9.17, 15) is 4.79 Å². The molecule has 2 heterocycles. The van der Waals surface area contributed by atoms with Crippen LogP contribution in [0.15, 0.2) is 24.3 Å². The minimum atomic E-state index is 0.412. The molecule has 4 heteroatoms. The van der Waals surface area contributed by atoms with Gasteiger partial charge in [-0.2, -0.15) is 0 Å². The average molecular weight is 328 g/mol. The van der Waals surface area contributed by atoms with Crippen LogP contribution in [-0.4, -0.2) is 36.5 Å². The van der Waals surface area contributed by atoms with Crippen molar-refractivity contribution in [3.63, 3.8) is 0 Å². The normalized spacial score (nSPS) is 32.4. The second kappa shape index (κ2) is 6.75. The van der Waals surface area contributed by atoms with Gasteiger partial charge in [0.1, 0.15) is 5.75 Å². The van der Waals surface area contributed by atoms with E-state index >= 15 is 0 Å². The summed E-state index contributed by atoms with van der Waals surface area (Å²) in [5.74, 6) is 2.73. The first-order valence-corrected chi connectivity index (χ1v) is 9.40. The Bertz CT molecular complexity index is 586. The lowest BCUT2D eigenvalue weighted by atomic mass is 9.73. The smallest absolute Gasteiger partial charge is 0.222 e. The number of hydrogen-bond acceptors (Lipinski definition) is 3. The first kappa shape index (κ1) is 15.9. The van der Waals surface area contributed by atoms with Gasteiger partial charge in [0.05, 0.1) is 7.11 Å². The summed E-state index contributed by atoms with van der Waals surface area (Å²) in [7, 11) is 1.70. The SMILES string of the molecule is COc1ccc(CN[C@H]2C[C@H]3CCCC(=O)N4CC[C@@H](C2)[C@@H]34)cc1. The van der Waals surface area contributed by atoms with Crippen molar-refractivity contribution < 1.29 is 9.53 Å².